The molecule has 0 atom stereocenters. The van der Waals surface area contributed by atoms with Gasteiger partial charge in [0.2, 0.25) is 0 Å². The molecule has 0 saturated carbocycles. The van der Waals surface area contributed by atoms with E-state index in [1.165, 1.54) is 18.2 Å². The van der Waals surface area contributed by atoms with E-state index >= 15 is 0 Å². The van der Waals surface area contributed by atoms with Gasteiger partial charge in [-0.2, -0.15) is 0 Å². The molecule has 1 aromatic heterocycles. The fourth-order valence-corrected chi connectivity index (χ4v) is 2.53. The number of hydrogen-bond acceptors (Lipinski definition) is 4. The lowest BCUT2D eigenvalue weighted by Crippen LogP contribution is -2.13. The first-order chi connectivity index (χ1) is 9.36. The van der Waals surface area contributed by atoms with Crippen molar-refractivity contribution in [3.63, 3.8) is 0 Å². The maximum absolute atomic E-state index is 12.0. The Morgan fingerprint density at radius 1 is 1.25 bits per heavy atom. The van der Waals surface area contributed by atoms with Gasteiger partial charge in [-0.3, -0.25) is 4.79 Å². The standard InChI is InChI=1S/C13H11BrN2O3S/c1-20(18,19)11-4-2-3-9(7-11)13(17)16-12-8-10(14)5-6-15-12/h2-8H,1H3,(H,15,16,17). The van der Waals surface area contributed by atoms with E-state index in [4.69, 9.17) is 0 Å². The molecule has 2 aromatic rings. The maximum atomic E-state index is 12.0. The van der Waals surface area contributed by atoms with Gasteiger partial charge in [-0.25, -0.2) is 13.4 Å². The molecule has 1 heterocycles. The number of carbonyl (C=O) groups excluding carboxylic acids is 1. The van der Waals surface area contributed by atoms with Crippen LogP contribution in [0, 0.1) is 0 Å². The second kappa shape index (κ2) is 5.72. The van der Waals surface area contributed by atoms with Crippen molar-refractivity contribution in [2.24, 2.45) is 0 Å². The summed E-state index contributed by atoms with van der Waals surface area (Å²) in [6, 6.07) is 9.24. The Kier molecular flexibility index (Phi) is 4.20. The third-order valence-electron chi connectivity index (χ3n) is 2.49. The zero-order valence-electron chi connectivity index (χ0n) is 10.5. The molecule has 5 nitrogen and oxygen atoms in total. The number of hydrogen-bond donors (Lipinski definition) is 1. The van der Waals surface area contributed by atoms with Gasteiger partial charge in [0.15, 0.2) is 9.84 Å². The predicted octanol–water partition coefficient (Wildman–Crippen LogP) is 2.50. The Morgan fingerprint density at radius 3 is 2.65 bits per heavy atom. The van der Waals surface area contributed by atoms with Gasteiger partial charge >= 0.3 is 0 Å². The van der Waals surface area contributed by atoms with Gasteiger partial charge in [0.1, 0.15) is 5.82 Å². The van der Waals surface area contributed by atoms with E-state index in [0.717, 1.165) is 10.7 Å². The number of rotatable bonds is 3. The summed E-state index contributed by atoms with van der Waals surface area (Å²) in [6.45, 7) is 0. The van der Waals surface area contributed by atoms with Crippen LogP contribution < -0.4 is 5.32 Å². The van der Waals surface area contributed by atoms with Gasteiger partial charge in [0.05, 0.1) is 4.90 Å². The molecule has 0 bridgehead atoms. The molecule has 20 heavy (non-hydrogen) atoms. The normalized spacial score (nSPS) is 11.1. The van der Waals surface area contributed by atoms with Crippen molar-refractivity contribution in [1.82, 2.24) is 4.98 Å². The summed E-state index contributed by atoms with van der Waals surface area (Å²) in [4.78, 5) is 16.1. The van der Waals surface area contributed by atoms with E-state index in [0.29, 0.717) is 5.82 Å². The molecule has 0 unspecified atom stereocenters. The van der Waals surface area contributed by atoms with Gasteiger partial charge in [-0.05, 0) is 30.3 Å². The molecule has 0 aliphatic rings. The fraction of sp³-hybridized carbons (Fsp3) is 0.0769. The number of sulfone groups is 1. The summed E-state index contributed by atoms with van der Waals surface area (Å²) in [5.41, 5.74) is 0.259. The van der Waals surface area contributed by atoms with Crippen molar-refractivity contribution >= 4 is 37.5 Å². The molecule has 0 radical (unpaired) electrons. The first-order valence-corrected chi connectivity index (χ1v) is 8.28. The minimum atomic E-state index is -3.34. The SMILES string of the molecule is CS(=O)(=O)c1cccc(C(=O)Nc2cc(Br)ccn2)c1. The van der Waals surface area contributed by atoms with Crippen LogP contribution in [0.2, 0.25) is 0 Å². The van der Waals surface area contributed by atoms with Crippen molar-refractivity contribution in [2.75, 3.05) is 11.6 Å². The monoisotopic (exact) mass is 354 g/mol. The van der Waals surface area contributed by atoms with Crippen LogP contribution in [0.4, 0.5) is 5.82 Å². The van der Waals surface area contributed by atoms with E-state index in [-0.39, 0.29) is 10.5 Å². The zero-order valence-corrected chi connectivity index (χ0v) is 12.9. The molecule has 1 aromatic carbocycles. The van der Waals surface area contributed by atoms with Gasteiger partial charge < -0.3 is 5.32 Å². The smallest absolute Gasteiger partial charge is 0.256 e. The minimum Gasteiger partial charge on any atom is -0.307 e. The Hall–Kier alpha value is -1.73. The van der Waals surface area contributed by atoms with Gasteiger partial charge in [0, 0.05) is 22.5 Å². The molecular weight excluding hydrogens is 344 g/mol. The molecule has 0 aliphatic heterocycles. The van der Waals surface area contributed by atoms with Crippen molar-refractivity contribution < 1.29 is 13.2 Å². The van der Waals surface area contributed by atoms with Crippen molar-refractivity contribution in [3.8, 4) is 0 Å². The quantitative estimate of drug-likeness (QED) is 0.918. The number of pyridine rings is 1. The molecule has 7 heteroatoms. The van der Waals surface area contributed by atoms with Crippen molar-refractivity contribution in [1.29, 1.82) is 0 Å². The van der Waals surface area contributed by atoms with E-state index < -0.39 is 15.7 Å². The Bertz CT molecular complexity index is 760. The molecule has 2 rings (SSSR count). The highest BCUT2D eigenvalue weighted by Crippen LogP contribution is 2.15. The number of halogens is 1. The van der Waals surface area contributed by atoms with Crippen LogP contribution in [0.3, 0.4) is 0 Å². The summed E-state index contributed by atoms with van der Waals surface area (Å²) in [5, 5.41) is 2.60. The van der Waals surface area contributed by atoms with Crippen molar-refractivity contribution in [3.05, 3.63) is 52.6 Å². The number of anilines is 1. The lowest BCUT2D eigenvalue weighted by molar-refractivity contribution is 0.102. The van der Waals surface area contributed by atoms with Gasteiger partial charge in [-0.1, -0.05) is 22.0 Å². The maximum Gasteiger partial charge on any atom is 0.256 e. The number of benzene rings is 1. The molecule has 1 N–H and O–H groups in total. The summed E-state index contributed by atoms with van der Waals surface area (Å²) >= 11 is 3.28. The fourth-order valence-electron chi connectivity index (χ4n) is 1.53. The zero-order chi connectivity index (χ0) is 14.8. The van der Waals surface area contributed by atoms with Crippen LogP contribution in [-0.2, 0) is 9.84 Å². The summed E-state index contributed by atoms with van der Waals surface area (Å²) in [7, 11) is -3.34. The molecule has 0 spiro atoms. The van der Waals surface area contributed by atoms with Crippen LogP contribution in [0.15, 0.2) is 52.0 Å². The molecule has 0 aliphatic carbocycles. The lowest BCUT2D eigenvalue weighted by Gasteiger charge is -2.06. The number of aromatic nitrogens is 1. The summed E-state index contributed by atoms with van der Waals surface area (Å²) in [5.74, 6) is -0.0322. The number of nitrogens with zero attached hydrogens (tertiary/aromatic N) is 1. The largest absolute Gasteiger partial charge is 0.307 e. The average molecular weight is 355 g/mol. The summed E-state index contributed by atoms with van der Waals surface area (Å²) in [6.07, 6.45) is 2.65. The number of carbonyl (C=O) groups is 1. The first kappa shape index (κ1) is 14.7. The van der Waals surface area contributed by atoms with E-state index in [9.17, 15) is 13.2 Å². The average Bonchev–Trinajstić information content (AvgIpc) is 2.38. The van der Waals surface area contributed by atoms with Crippen LogP contribution >= 0.6 is 15.9 Å². The van der Waals surface area contributed by atoms with E-state index in [2.05, 4.69) is 26.2 Å². The van der Waals surface area contributed by atoms with Gasteiger partial charge in [-0.15, -0.1) is 0 Å². The number of amides is 1. The number of nitrogens with one attached hydrogen (secondary N) is 1. The van der Waals surface area contributed by atoms with Crippen LogP contribution in [-0.4, -0.2) is 25.6 Å². The van der Waals surface area contributed by atoms with Crippen LogP contribution in [0.5, 0.6) is 0 Å². The van der Waals surface area contributed by atoms with Crippen LogP contribution in [0.25, 0.3) is 0 Å². The highest BCUT2D eigenvalue weighted by atomic mass is 79.9. The third-order valence-corrected chi connectivity index (χ3v) is 4.09. The van der Waals surface area contributed by atoms with E-state index in [1.807, 2.05) is 0 Å². The highest BCUT2D eigenvalue weighted by Gasteiger charge is 2.12. The first-order valence-electron chi connectivity index (χ1n) is 5.59. The molecule has 0 saturated heterocycles. The Labute approximate surface area is 125 Å². The predicted molar refractivity (Wildman–Crippen MR) is 79.4 cm³/mol. The molecule has 104 valence electrons. The second-order valence-corrected chi connectivity index (χ2v) is 7.04. The minimum absolute atomic E-state index is 0.104. The van der Waals surface area contributed by atoms with Gasteiger partial charge in [0.25, 0.3) is 5.91 Å². The molecule has 1 amide bonds. The third kappa shape index (κ3) is 3.64. The topological polar surface area (TPSA) is 76.1 Å². The Morgan fingerprint density at radius 2 is 2.00 bits per heavy atom. The second-order valence-electron chi connectivity index (χ2n) is 4.11. The van der Waals surface area contributed by atoms with Crippen LogP contribution in [0.1, 0.15) is 10.4 Å². The Balaban J connectivity index is 2.26. The lowest BCUT2D eigenvalue weighted by atomic mass is 10.2. The van der Waals surface area contributed by atoms with E-state index in [1.54, 1.807) is 24.4 Å². The molecule has 0 fully saturated rings. The summed E-state index contributed by atoms with van der Waals surface area (Å²) < 4.78 is 23.7. The van der Waals surface area contributed by atoms with Crippen molar-refractivity contribution in [2.45, 2.75) is 4.90 Å². The molecular formula is C13H11BrN2O3S. The highest BCUT2D eigenvalue weighted by molar-refractivity contribution is 9.10.